The Morgan fingerprint density at radius 1 is 1.00 bits per heavy atom. The monoisotopic (exact) mass is 383 g/mol. The number of anilines is 1. The lowest BCUT2D eigenvalue weighted by molar-refractivity contribution is -0.137. The van der Waals surface area contributed by atoms with Crippen LogP contribution in [0.5, 0.6) is 11.5 Å². The van der Waals surface area contributed by atoms with Crippen LogP contribution in [0.1, 0.15) is 15.9 Å². The van der Waals surface area contributed by atoms with Crippen molar-refractivity contribution in [3.63, 3.8) is 0 Å². The molecule has 0 aromatic heterocycles. The van der Waals surface area contributed by atoms with Crippen LogP contribution < -0.4 is 14.8 Å². The van der Waals surface area contributed by atoms with Crippen LogP contribution in [0.15, 0.2) is 42.5 Å². The largest absolute Gasteiger partial charge is 0.493 e. The van der Waals surface area contributed by atoms with Gasteiger partial charge in [-0.2, -0.15) is 13.2 Å². The Morgan fingerprint density at radius 2 is 1.70 bits per heavy atom. The molecule has 0 atom stereocenters. The Morgan fingerprint density at radius 3 is 2.33 bits per heavy atom. The Labute approximate surface area is 152 Å². The average molecular weight is 383 g/mol. The number of hydrogen-bond donors (Lipinski definition) is 1. The summed E-state index contributed by atoms with van der Waals surface area (Å²) in [6.45, 7) is -0.663. The van der Waals surface area contributed by atoms with Gasteiger partial charge < -0.3 is 19.5 Å². The van der Waals surface area contributed by atoms with Crippen molar-refractivity contribution in [2.75, 3.05) is 26.1 Å². The zero-order chi connectivity index (χ0) is 20.0. The number of benzene rings is 2. The number of halogens is 3. The average Bonchev–Trinajstić information content (AvgIpc) is 2.65. The number of carbonyl (C=O) groups excluding carboxylic acids is 2. The van der Waals surface area contributed by atoms with Crippen molar-refractivity contribution in [2.24, 2.45) is 0 Å². The fourth-order valence-corrected chi connectivity index (χ4v) is 2.15. The van der Waals surface area contributed by atoms with Crippen LogP contribution >= 0.6 is 0 Å². The standard InChI is InChI=1S/C18H16F3NO5/c1-25-14-7-6-11(8-15(14)26-2)17(24)27-10-16(23)22-13-5-3-4-12(9-13)18(19,20)21/h3-9H,10H2,1-2H3,(H,22,23). The third-order valence-electron chi connectivity index (χ3n) is 3.43. The van der Waals surface area contributed by atoms with Gasteiger partial charge in [0.15, 0.2) is 18.1 Å². The second-order valence-electron chi connectivity index (χ2n) is 5.27. The van der Waals surface area contributed by atoms with Crippen LogP contribution in [0.25, 0.3) is 0 Å². The molecule has 1 amide bonds. The van der Waals surface area contributed by atoms with E-state index in [0.717, 1.165) is 18.2 Å². The van der Waals surface area contributed by atoms with E-state index in [9.17, 15) is 22.8 Å². The molecule has 6 nitrogen and oxygen atoms in total. The van der Waals surface area contributed by atoms with E-state index < -0.39 is 30.2 Å². The first kappa shape index (κ1) is 20.1. The number of hydrogen-bond acceptors (Lipinski definition) is 5. The summed E-state index contributed by atoms with van der Waals surface area (Å²) in [6, 6.07) is 8.43. The summed E-state index contributed by atoms with van der Waals surface area (Å²) in [5.41, 5.74) is -0.834. The van der Waals surface area contributed by atoms with Crippen LogP contribution in [0.2, 0.25) is 0 Å². The van der Waals surface area contributed by atoms with Gasteiger partial charge in [-0.1, -0.05) is 6.07 Å². The zero-order valence-corrected chi connectivity index (χ0v) is 14.4. The summed E-state index contributed by atoms with van der Waals surface area (Å²) in [5.74, 6) is -0.852. The molecular formula is C18H16F3NO5. The van der Waals surface area contributed by atoms with Gasteiger partial charge in [0.05, 0.1) is 25.3 Å². The molecule has 1 N–H and O–H groups in total. The highest BCUT2D eigenvalue weighted by Crippen LogP contribution is 2.30. The van der Waals surface area contributed by atoms with Gasteiger partial charge in [0.25, 0.3) is 5.91 Å². The molecular weight excluding hydrogens is 367 g/mol. The molecule has 0 spiro atoms. The van der Waals surface area contributed by atoms with Gasteiger partial charge in [0.2, 0.25) is 0 Å². The van der Waals surface area contributed by atoms with Crippen molar-refractivity contribution in [3.05, 3.63) is 53.6 Å². The van der Waals surface area contributed by atoms with E-state index in [1.807, 2.05) is 0 Å². The second-order valence-corrected chi connectivity index (χ2v) is 5.27. The van der Waals surface area contributed by atoms with E-state index in [0.29, 0.717) is 11.5 Å². The topological polar surface area (TPSA) is 73.9 Å². The first-order chi connectivity index (χ1) is 12.7. The predicted molar refractivity (Wildman–Crippen MR) is 89.9 cm³/mol. The van der Waals surface area contributed by atoms with Crippen molar-refractivity contribution in [1.29, 1.82) is 0 Å². The number of methoxy groups -OCH3 is 2. The maximum absolute atomic E-state index is 12.7. The molecule has 0 radical (unpaired) electrons. The summed E-state index contributed by atoms with van der Waals surface area (Å²) in [7, 11) is 2.84. The molecule has 0 fully saturated rings. The van der Waals surface area contributed by atoms with Gasteiger partial charge in [0, 0.05) is 5.69 Å². The number of carbonyl (C=O) groups is 2. The number of alkyl halides is 3. The Kier molecular flexibility index (Phi) is 6.27. The molecule has 0 aliphatic heterocycles. The normalized spacial score (nSPS) is 10.9. The quantitative estimate of drug-likeness (QED) is 0.773. The van der Waals surface area contributed by atoms with Crippen molar-refractivity contribution < 1.29 is 37.0 Å². The smallest absolute Gasteiger partial charge is 0.416 e. The number of esters is 1. The third-order valence-corrected chi connectivity index (χ3v) is 3.43. The Hall–Kier alpha value is -3.23. The molecule has 0 saturated carbocycles. The molecule has 2 rings (SSSR count). The molecule has 2 aromatic rings. The highest BCUT2D eigenvalue weighted by molar-refractivity contribution is 5.95. The maximum Gasteiger partial charge on any atom is 0.416 e. The maximum atomic E-state index is 12.7. The zero-order valence-electron chi connectivity index (χ0n) is 14.4. The number of rotatable bonds is 6. The lowest BCUT2D eigenvalue weighted by Crippen LogP contribution is -2.21. The van der Waals surface area contributed by atoms with Gasteiger partial charge in [0.1, 0.15) is 0 Å². The first-order valence-corrected chi connectivity index (χ1v) is 7.61. The summed E-state index contributed by atoms with van der Waals surface area (Å²) < 4.78 is 53.0. The third kappa shape index (κ3) is 5.37. The van der Waals surface area contributed by atoms with Gasteiger partial charge in [-0.25, -0.2) is 4.79 Å². The number of nitrogens with one attached hydrogen (secondary N) is 1. The van der Waals surface area contributed by atoms with Gasteiger partial charge >= 0.3 is 12.1 Å². The summed E-state index contributed by atoms with van der Waals surface area (Å²) in [4.78, 5) is 23.8. The van der Waals surface area contributed by atoms with Crippen LogP contribution in [0.4, 0.5) is 18.9 Å². The minimum Gasteiger partial charge on any atom is -0.493 e. The lowest BCUT2D eigenvalue weighted by Gasteiger charge is -2.11. The van der Waals surface area contributed by atoms with Crippen LogP contribution in [-0.4, -0.2) is 32.7 Å². The molecule has 0 aliphatic carbocycles. The van der Waals surface area contributed by atoms with Crippen molar-refractivity contribution in [1.82, 2.24) is 0 Å². The first-order valence-electron chi connectivity index (χ1n) is 7.61. The molecule has 9 heteroatoms. The van der Waals surface area contributed by atoms with Gasteiger partial charge in [-0.3, -0.25) is 4.79 Å². The minimum absolute atomic E-state index is 0.0583. The van der Waals surface area contributed by atoms with E-state index in [4.69, 9.17) is 14.2 Å². The molecule has 0 unspecified atom stereocenters. The van der Waals surface area contributed by atoms with Crippen molar-refractivity contribution in [3.8, 4) is 11.5 Å². The van der Waals surface area contributed by atoms with Crippen molar-refractivity contribution in [2.45, 2.75) is 6.18 Å². The Bertz CT molecular complexity index is 836. The molecule has 2 aromatic carbocycles. The van der Waals surface area contributed by atoms with Gasteiger partial charge in [-0.05, 0) is 36.4 Å². The fraction of sp³-hybridized carbons (Fsp3) is 0.222. The molecule has 0 heterocycles. The van der Waals surface area contributed by atoms with Crippen LogP contribution in [-0.2, 0) is 15.7 Å². The lowest BCUT2D eigenvalue weighted by atomic mass is 10.2. The van der Waals surface area contributed by atoms with E-state index in [1.54, 1.807) is 0 Å². The van der Waals surface area contributed by atoms with Crippen LogP contribution in [0, 0.1) is 0 Å². The molecule has 0 aliphatic rings. The summed E-state index contributed by atoms with van der Waals surface area (Å²) >= 11 is 0. The van der Waals surface area contributed by atoms with Gasteiger partial charge in [-0.15, -0.1) is 0 Å². The number of ether oxygens (including phenoxy) is 3. The number of amides is 1. The van der Waals surface area contributed by atoms with Crippen LogP contribution in [0.3, 0.4) is 0 Å². The molecule has 0 saturated heterocycles. The van der Waals surface area contributed by atoms with E-state index in [2.05, 4.69) is 5.32 Å². The van der Waals surface area contributed by atoms with Crippen molar-refractivity contribution >= 4 is 17.6 Å². The fourth-order valence-electron chi connectivity index (χ4n) is 2.15. The molecule has 0 bridgehead atoms. The van der Waals surface area contributed by atoms with E-state index in [-0.39, 0.29) is 11.3 Å². The molecule has 144 valence electrons. The summed E-state index contributed by atoms with van der Waals surface area (Å²) in [5, 5.41) is 2.24. The van der Waals surface area contributed by atoms with E-state index >= 15 is 0 Å². The highest BCUT2D eigenvalue weighted by Gasteiger charge is 2.30. The molecule has 27 heavy (non-hydrogen) atoms. The minimum atomic E-state index is -4.53. The highest BCUT2D eigenvalue weighted by atomic mass is 19.4. The van der Waals surface area contributed by atoms with E-state index in [1.165, 1.54) is 38.5 Å². The summed E-state index contributed by atoms with van der Waals surface area (Å²) in [6.07, 6.45) is -4.53. The SMILES string of the molecule is COc1ccc(C(=O)OCC(=O)Nc2cccc(C(F)(F)F)c2)cc1OC. The Balaban J connectivity index is 1.97. The predicted octanol–water partition coefficient (Wildman–Crippen LogP) is 3.52. The second kappa shape index (κ2) is 8.43.